The number of para-hydroxylation sites is 1. The number of hydrogen-bond donors (Lipinski definition) is 1. The molecule has 0 saturated heterocycles. The molecule has 144 valence electrons. The van der Waals surface area contributed by atoms with Gasteiger partial charge in [-0.25, -0.2) is 4.98 Å². The van der Waals surface area contributed by atoms with Gasteiger partial charge in [0.05, 0.1) is 38.7 Å². The average Bonchev–Trinajstić information content (AvgIpc) is 3.07. The quantitative estimate of drug-likeness (QED) is 0.532. The number of benzene rings is 2. The molecule has 1 unspecified atom stereocenters. The van der Waals surface area contributed by atoms with Crippen molar-refractivity contribution in [3.8, 4) is 0 Å². The highest BCUT2D eigenvalue weighted by Crippen LogP contribution is 2.40. The maximum atomic E-state index is 13.0. The van der Waals surface area contributed by atoms with E-state index in [4.69, 9.17) is 39.9 Å². The Morgan fingerprint density at radius 1 is 1.25 bits per heavy atom. The summed E-state index contributed by atoms with van der Waals surface area (Å²) in [5, 5.41) is 10.9. The fraction of sp³-hybridized carbons (Fsp3) is 0.211. The van der Waals surface area contributed by atoms with Crippen molar-refractivity contribution in [2.24, 2.45) is 5.92 Å². The molecule has 0 saturated carbocycles. The van der Waals surface area contributed by atoms with Crippen molar-refractivity contribution in [3.05, 3.63) is 56.0 Å². The van der Waals surface area contributed by atoms with E-state index >= 15 is 0 Å². The molecular weight excluding hydrogens is 443 g/mol. The summed E-state index contributed by atoms with van der Waals surface area (Å²) < 4.78 is 0.700. The second-order valence-electron chi connectivity index (χ2n) is 6.49. The Hall–Kier alpha value is -1.86. The van der Waals surface area contributed by atoms with E-state index in [2.05, 4.69) is 4.98 Å². The number of anilines is 1. The van der Waals surface area contributed by atoms with Gasteiger partial charge in [0.25, 0.3) is 0 Å². The second-order valence-corrected chi connectivity index (χ2v) is 8.77. The molecule has 2 aromatic carbocycles. The van der Waals surface area contributed by atoms with Crippen molar-refractivity contribution < 1.29 is 14.7 Å². The highest BCUT2D eigenvalue weighted by Gasteiger charge is 2.34. The van der Waals surface area contributed by atoms with Crippen LogP contribution >= 0.6 is 46.1 Å². The molecule has 1 aromatic heterocycles. The van der Waals surface area contributed by atoms with Crippen molar-refractivity contribution >= 4 is 73.9 Å². The lowest BCUT2D eigenvalue weighted by Crippen LogP contribution is -2.41. The van der Waals surface area contributed by atoms with E-state index in [1.807, 2.05) is 24.3 Å². The van der Waals surface area contributed by atoms with Crippen LogP contribution in [-0.2, 0) is 22.6 Å². The molecule has 9 heteroatoms. The number of carboxylic acids is 1. The van der Waals surface area contributed by atoms with E-state index in [1.165, 1.54) is 11.3 Å². The molecule has 0 fully saturated rings. The summed E-state index contributed by atoms with van der Waals surface area (Å²) in [6, 6.07) is 9.07. The minimum atomic E-state index is -0.995. The summed E-state index contributed by atoms with van der Waals surface area (Å²) in [5.41, 5.74) is 2.20. The topological polar surface area (TPSA) is 70.5 Å². The van der Waals surface area contributed by atoms with Crippen molar-refractivity contribution in [1.29, 1.82) is 0 Å². The van der Waals surface area contributed by atoms with Gasteiger partial charge in [0, 0.05) is 5.69 Å². The summed E-state index contributed by atoms with van der Waals surface area (Å²) >= 11 is 19.9. The molecule has 5 nitrogen and oxygen atoms in total. The van der Waals surface area contributed by atoms with Crippen LogP contribution in [0.4, 0.5) is 5.69 Å². The van der Waals surface area contributed by atoms with E-state index < -0.39 is 11.9 Å². The molecule has 4 rings (SSSR count). The lowest BCUT2D eigenvalue weighted by Gasteiger charge is -2.33. The first-order chi connectivity index (χ1) is 13.3. The molecule has 3 aromatic rings. The normalized spacial score (nSPS) is 16.5. The number of carbonyl (C=O) groups is 2. The second kappa shape index (κ2) is 7.52. The van der Waals surface area contributed by atoms with Gasteiger partial charge < -0.3 is 10.0 Å². The van der Waals surface area contributed by atoms with E-state index in [0.29, 0.717) is 36.7 Å². The fourth-order valence-electron chi connectivity index (χ4n) is 3.40. The Morgan fingerprint density at radius 2 is 2.00 bits per heavy atom. The van der Waals surface area contributed by atoms with Crippen LogP contribution in [0.15, 0.2) is 30.3 Å². The first kappa shape index (κ1) is 19.5. The van der Waals surface area contributed by atoms with Crippen LogP contribution in [0.5, 0.6) is 0 Å². The van der Waals surface area contributed by atoms with Crippen LogP contribution in [-0.4, -0.2) is 22.0 Å². The van der Waals surface area contributed by atoms with Crippen molar-refractivity contribution in [1.82, 2.24) is 4.98 Å². The molecule has 0 radical (unpaired) electrons. The largest absolute Gasteiger partial charge is 0.481 e. The van der Waals surface area contributed by atoms with Crippen molar-refractivity contribution in [3.63, 3.8) is 0 Å². The van der Waals surface area contributed by atoms with E-state index in [1.54, 1.807) is 11.0 Å². The van der Waals surface area contributed by atoms with E-state index in [9.17, 15) is 9.59 Å². The summed E-state index contributed by atoms with van der Waals surface area (Å²) in [5.74, 6) is -1.83. The minimum Gasteiger partial charge on any atom is -0.481 e. The maximum Gasteiger partial charge on any atom is 0.304 e. The van der Waals surface area contributed by atoms with E-state index in [0.717, 1.165) is 11.3 Å². The molecule has 1 amide bonds. The SMILES string of the molecule is O=C(O)CC1Cc2ccccc2N(Cc2nc3c(Cl)c(Cl)cc(Cl)c3s2)C1=O. The number of halogens is 3. The molecule has 0 aliphatic carbocycles. The maximum absolute atomic E-state index is 13.0. The van der Waals surface area contributed by atoms with Crippen molar-refractivity contribution in [2.75, 3.05) is 4.90 Å². The number of carbonyl (C=O) groups excluding carboxylic acids is 1. The Labute approximate surface area is 179 Å². The number of thiazole rings is 1. The van der Waals surface area contributed by atoms with Crippen LogP contribution in [0, 0.1) is 5.92 Å². The van der Waals surface area contributed by atoms with Gasteiger partial charge in [-0.3, -0.25) is 9.59 Å². The van der Waals surface area contributed by atoms with Crippen LogP contribution in [0.2, 0.25) is 15.1 Å². The monoisotopic (exact) mass is 454 g/mol. The Balaban J connectivity index is 1.74. The molecule has 1 atom stereocenters. The zero-order valence-electron chi connectivity index (χ0n) is 14.3. The summed E-state index contributed by atoms with van der Waals surface area (Å²) in [4.78, 5) is 30.3. The van der Waals surface area contributed by atoms with Crippen LogP contribution in [0.25, 0.3) is 10.2 Å². The lowest BCUT2D eigenvalue weighted by molar-refractivity contribution is -0.140. The van der Waals surface area contributed by atoms with Gasteiger partial charge in [0.1, 0.15) is 10.5 Å². The number of fused-ring (bicyclic) bond motifs is 2. The number of aromatic nitrogens is 1. The Bertz CT molecular complexity index is 1120. The van der Waals surface area contributed by atoms with Crippen LogP contribution in [0.1, 0.15) is 17.0 Å². The van der Waals surface area contributed by atoms with Gasteiger partial charge in [-0.1, -0.05) is 53.0 Å². The highest BCUT2D eigenvalue weighted by atomic mass is 35.5. The summed E-state index contributed by atoms with van der Waals surface area (Å²) in [7, 11) is 0. The third kappa shape index (κ3) is 3.46. The molecule has 1 N–H and O–H groups in total. The van der Waals surface area contributed by atoms with Gasteiger partial charge >= 0.3 is 5.97 Å². The van der Waals surface area contributed by atoms with Crippen molar-refractivity contribution in [2.45, 2.75) is 19.4 Å². The third-order valence-corrected chi connectivity index (χ3v) is 6.90. The zero-order valence-corrected chi connectivity index (χ0v) is 17.4. The smallest absolute Gasteiger partial charge is 0.304 e. The zero-order chi connectivity index (χ0) is 20.0. The molecule has 2 heterocycles. The van der Waals surface area contributed by atoms with Gasteiger partial charge in [-0.05, 0) is 24.1 Å². The summed E-state index contributed by atoms with van der Waals surface area (Å²) in [6.45, 7) is 0.204. The first-order valence-corrected chi connectivity index (χ1v) is 10.3. The molecule has 0 spiro atoms. The molecular formula is C19H13Cl3N2O3S. The Kier molecular flexibility index (Phi) is 5.22. The third-order valence-electron chi connectivity index (χ3n) is 4.64. The molecule has 0 bridgehead atoms. The predicted octanol–water partition coefficient (Wildman–Crippen LogP) is 5.44. The first-order valence-electron chi connectivity index (χ1n) is 8.39. The van der Waals surface area contributed by atoms with Gasteiger partial charge in [0.2, 0.25) is 5.91 Å². The predicted molar refractivity (Wildman–Crippen MR) is 112 cm³/mol. The fourth-order valence-corrected chi connectivity index (χ4v) is 5.19. The summed E-state index contributed by atoms with van der Waals surface area (Å²) in [6.07, 6.45) is 0.196. The molecule has 1 aliphatic heterocycles. The number of amides is 1. The number of hydrogen-bond acceptors (Lipinski definition) is 4. The molecule has 1 aliphatic rings. The number of rotatable bonds is 4. The number of carboxylic acid groups (broad SMARTS) is 1. The lowest BCUT2D eigenvalue weighted by atomic mass is 9.89. The number of aliphatic carboxylic acids is 1. The van der Waals surface area contributed by atoms with Crippen LogP contribution in [0.3, 0.4) is 0 Å². The van der Waals surface area contributed by atoms with Gasteiger partial charge in [-0.2, -0.15) is 0 Å². The molecule has 28 heavy (non-hydrogen) atoms. The standard InChI is InChI=1S/C19H13Cl3N2O3S/c20-11-7-12(21)18-17(16(11)22)23-14(28-18)8-24-13-4-2-1-3-9(13)5-10(19(24)27)6-15(25)26/h1-4,7,10H,5-6,8H2,(H,25,26). The highest BCUT2D eigenvalue weighted by molar-refractivity contribution is 7.19. The van der Waals surface area contributed by atoms with Crippen LogP contribution < -0.4 is 4.90 Å². The number of nitrogens with zero attached hydrogens (tertiary/aromatic N) is 2. The van der Waals surface area contributed by atoms with E-state index in [-0.39, 0.29) is 18.9 Å². The average molecular weight is 456 g/mol. The Morgan fingerprint density at radius 3 is 2.75 bits per heavy atom. The van der Waals surface area contributed by atoms with Gasteiger partial charge in [-0.15, -0.1) is 11.3 Å². The van der Waals surface area contributed by atoms with Gasteiger partial charge in [0.15, 0.2) is 0 Å². The minimum absolute atomic E-state index is 0.204.